The van der Waals surface area contributed by atoms with E-state index in [2.05, 4.69) is 35.8 Å². The third-order valence-electron chi connectivity index (χ3n) is 4.02. The molecule has 6 nitrogen and oxygen atoms in total. The molecule has 0 aliphatic carbocycles. The number of rotatable bonds is 3. The summed E-state index contributed by atoms with van der Waals surface area (Å²) in [5.74, 6) is 1.86. The molecule has 6 heteroatoms. The van der Waals surface area contributed by atoms with Gasteiger partial charge in [0.25, 0.3) is 0 Å². The fraction of sp³-hybridized carbons (Fsp3) is 0.312. The molecule has 0 spiro atoms. The summed E-state index contributed by atoms with van der Waals surface area (Å²) in [5.41, 5.74) is 2.14. The molecule has 2 aromatic heterocycles. The minimum Gasteiger partial charge on any atom is -0.341 e. The Morgan fingerprint density at radius 2 is 1.73 bits per heavy atom. The lowest BCUT2D eigenvalue weighted by atomic mass is 10.3. The lowest BCUT2D eigenvalue weighted by molar-refractivity contribution is 0.244. The van der Waals surface area contributed by atoms with Gasteiger partial charge in [-0.3, -0.25) is 4.90 Å². The summed E-state index contributed by atoms with van der Waals surface area (Å²) in [6, 6.07) is 10.0. The number of imidazole rings is 1. The fourth-order valence-electron chi connectivity index (χ4n) is 2.85. The average Bonchev–Trinajstić information content (AvgIpc) is 2.98. The summed E-state index contributed by atoms with van der Waals surface area (Å²) in [6.45, 7) is 4.75. The van der Waals surface area contributed by atoms with Gasteiger partial charge in [-0.05, 0) is 18.2 Å². The molecule has 4 rings (SSSR count). The molecular formula is C16H18N6. The maximum absolute atomic E-state index is 4.65. The van der Waals surface area contributed by atoms with Gasteiger partial charge in [0.2, 0.25) is 5.95 Å². The number of nitrogens with zero attached hydrogens (tertiary/aromatic N) is 5. The first-order valence-corrected chi connectivity index (χ1v) is 7.56. The van der Waals surface area contributed by atoms with E-state index in [0.717, 1.165) is 55.5 Å². The van der Waals surface area contributed by atoms with Gasteiger partial charge in [0.15, 0.2) is 0 Å². The molecule has 1 N–H and O–H groups in total. The Hall–Kier alpha value is -2.47. The van der Waals surface area contributed by atoms with Crippen molar-refractivity contribution in [3.63, 3.8) is 0 Å². The summed E-state index contributed by atoms with van der Waals surface area (Å²) < 4.78 is 0. The van der Waals surface area contributed by atoms with Crippen molar-refractivity contribution < 1.29 is 0 Å². The van der Waals surface area contributed by atoms with E-state index in [0.29, 0.717) is 0 Å². The number of anilines is 1. The third-order valence-corrected chi connectivity index (χ3v) is 4.02. The van der Waals surface area contributed by atoms with Crippen molar-refractivity contribution in [2.24, 2.45) is 0 Å². The van der Waals surface area contributed by atoms with Crippen molar-refractivity contribution in [1.29, 1.82) is 0 Å². The van der Waals surface area contributed by atoms with E-state index in [9.17, 15) is 0 Å². The molecule has 0 saturated carbocycles. The zero-order valence-electron chi connectivity index (χ0n) is 12.3. The highest BCUT2D eigenvalue weighted by molar-refractivity contribution is 5.74. The molecule has 3 aromatic rings. The summed E-state index contributed by atoms with van der Waals surface area (Å²) in [5, 5.41) is 0. The van der Waals surface area contributed by atoms with Crippen molar-refractivity contribution in [2.45, 2.75) is 6.54 Å². The van der Waals surface area contributed by atoms with Crippen LogP contribution in [-0.2, 0) is 6.54 Å². The number of benzene rings is 1. The number of aromatic nitrogens is 4. The van der Waals surface area contributed by atoms with E-state index in [4.69, 9.17) is 0 Å². The van der Waals surface area contributed by atoms with Crippen LogP contribution < -0.4 is 4.90 Å². The molecule has 0 amide bonds. The van der Waals surface area contributed by atoms with E-state index in [1.165, 1.54) is 0 Å². The quantitative estimate of drug-likeness (QED) is 0.796. The standard InChI is InChI=1S/C16H18N6/c1-2-5-14-13(4-1)19-15(20-14)12-21-8-10-22(11-9-21)16-17-6-3-7-18-16/h1-7H,8-12H2,(H,19,20). The molecule has 22 heavy (non-hydrogen) atoms. The van der Waals surface area contributed by atoms with Crippen LogP contribution in [0, 0.1) is 0 Å². The summed E-state index contributed by atoms with van der Waals surface area (Å²) >= 11 is 0. The monoisotopic (exact) mass is 294 g/mol. The molecule has 112 valence electrons. The highest BCUT2D eigenvalue weighted by Gasteiger charge is 2.19. The highest BCUT2D eigenvalue weighted by atomic mass is 15.3. The van der Waals surface area contributed by atoms with Crippen molar-refractivity contribution >= 4 is 17.0 Å². The minimum atomic E-state index is 0.825. The Balaban J connectivity index is 1.39. The molecule has 1 aromatic carbocycles. The van der Waals surface area contributed by atoms with Crippen molar-refractivity contribution in [3.8, 4) is 0 Å². The van der Waals surface area contributed by atoms with Crippen molar-refractivity contribution in [2.75, 3.05) is 31.1 Å². The van der Waals surface area contributed by atoms with E-state index < -0.39 is 0 Å². The summed E-state index contributed by atoms with van der Waals surface area (Å²) in [4.78, 5) is 21.3. The molecule has 1 aliphatic rings. The summed E-state index contributed by atoms with van der Waals surface area (Å²) in [7, 11) is 0. The van der Waals surface area contributed by atoms with Crippen LogP contribution in [0.2, 0.25) is 0 Å². The van der Waals surface area contributed by atoms with Crippen molar-refractivity contribution in [1.82, 2.24) is 24.8 Å². The minimum absolute atomic E-state index is 0.825. The van der Waals surface area contributed by atoms with Crippen LogP contribution in [0.5, 0.6) is 0 Å². The first kappa shape index (κ1) is 13.2. The van der Waals surface area contributed by atoms with Crippen LogP contribution in [0.3, 0.4) is 0 Å². The van der Waals surface area contributed by atoms with Gasteiger partial charge < -0.3 is 9.88 Å². The Kier molecular flexibility index (Phi) is 3.44. The first-order valence-electron chi connectivity index (χ1n) is 7.56. The molecule has 3 heterocycles. The number of nitrogens with one attached hydrogen (secondary N) is 1. The fourth-order valence-corrected chi connectivity index (χ4v) is 2.85. The number of piperazine rings is 1. The largest absolute Gasteiger partial charge is 0.341 e. The number of hydrogen-bond acceptors (Lipinski definition) is 5. The zero-order valence-corrected chi connectivity index (χ0v) is 12.3. The molecule has 0 atom stereocenters. The van der Waals surface area contributed by atoms with Gasteiger partial charge in [-0.1, -0.05) is 12.1 Å². The number of aromatic amines is 1. The second-order valence-corrected chi connectivity index (χ2v) is 5.51. The predicted molar refractivity (Wildman–Crippen MR) is 85.6 cm³/mol. The average molecular weight is 294 g/mol. The van der Waals surface area contributed by atoms with Crippen molar-refractivity contribution in [3.05, 3.63) is 48.5 Å². The molecule has 1 saturated heterocycles. The van der Waals surface area contributed by atoms with Gasteiger partial charge in [-0.15, -0.1) is 0 Å². The molecular weight excluding hydrogens is 276 g/mol. The first-order chi connectivity index (χ1) is 10.9. The number of fused-ring (bicyclic) bond motifs is 1. The lowest BCUT2D eigenvalue weighted by Gasteiger charge is -2.34. The highest BCUT2D eigenvalue weighted by Crippen LogP contribution is 2.14. The van der Waals surface area contributed by atoms with Crippen LogP contribution in [0.4, 0.5) is 5.95 Å². The number of para-hydroxylation sites is 2. The maximum atomic E-state index is 4.65. The molecule has 0 radical (unpaired) electrons. The van der Waals surface area contributed by atoms with Crippen LogP contribution in [-0.4, -0.2) is 51.0 Å². The zero-order chi connectivity index (χ0) is 14.8. The van der Waals surface area contributed by atoms with Crippen LogP contribution in [0.1, 0.15) is 5.82 Å². The molecule has 1 aliphatic heterocycles. The topological polar surface area (TPSA) is 60.9 Å². The maximum Gasteiger partial charge on any atom is 0.225 e. The molecule has 1 fully saturated rings. The Morgan fingerprint density at radius 3 is 2.50 bits per heavy atom. The predicted octanol–water partition coefficient (Wildman–Crippen LogP) is 1.68. The molecule has 0 bridgehead atoms. The third kappa shape index (κ3) is 2.65. The van der Waals surface area contributed by atoms with E-state index in [1.54, 1.807) is 12.4 Å². The van der Waals surface area contributed by atoms with E-state index in [1.807, 2.05) is 24.3 Å². The number of H-pyrrole nitrogens is 1. The van der Waals surface area contributed by atoms with E-state index in [-0.39, 0.29) is 0 Å². The van der Waals surface area contributed by atoms with Gasteiger partial charge in [0, 0.05) is 38.6 Å². The van der Waals surface area contributed by atoms with Gasteiger partial charge in [0.05, 0.1) is 17.6 Å². The normalized spacial score (nSPS) is 16.3. The Labute approximate surface area is 128 Å². The Morgan fingerprint density at radius 1 is 0.955 bits per heavy atom. The smallest absolute Gasteiger partial charge is 0.225 e. The lowest BCUT2D eigenvalue weighted by Crippen LogP contribution is -2.46. The van der Waals surface area contributed by atoms with Gasteiger partial charge in [-0.25, -0.2) is 15.0 Å². The second-order valence-electron chi connectivity index (χ2n) is 5.51. The van der Waals surface area contributed by atoms with Crippen LogP contribution >= 0.6 is 0 Å². The van der Waals surface area contributed by atoms with Crippen LogP contribution in [0.15, 0.2) is 42.7 Å². The number of hydrogen-bond donors (Lipinski definition) is 1. The molecule has 0 unspecified atom stereocenters. The Bertz CT molecular complexity index is 712. The van der Waals surface area contributed by atoms with E-state index >= 15 is 0 Å². The summed E-state index contributed by atoms with van der Waals surface area (Å²) in [6.07, 6.45) is 3.59. The van der Waals surface area contributed by atoms with Crippen LogP contribution in [0.25, 0.3) is 11.0 Å². The van der Waals surface area contributed by atoms with Gasteiger partial charge >= 0.3 is 0 Å². The SMILES string of the molecule is c1cnc(N2CCN(Cc3nc4ccccc4[nH]3)CC2)nc1. The van der Waals surface area contributed by atoms with Gasteiger partial charge in [-0.2, -0.15) is 0 Å². The second kappa shape index (κ2) is 5.73. The van der Waals surface area contributed by atoms with Gasteiger partial charge in [0.1, 0.15) is 5.82 Å².